The molecule has 0 saturated heterocycles. The van der Waals surface area contributed by atoms with Crippen LogP contribution in [0.1, 0.15) is 18.9 Å². The van der Waals surface area contributed by atoms with Gasteiger partial charge in [0.15, 0.2) is 0 Å². The van der Waals surface area contributed by atoms with E-state index in [2.05, 4.69) is 12.2 Å². The third-order valence-electron chi connectivity index (χ3n) is 2.81. The van der Waals surface area contributed by atoms with E-state index >= 15 is 0 Å². The number of benzene rings is 2. The van der Waals surface area contributed by atoms with Gasteiger partial charge in [0.2, 0.25) is 0 Å². The van der Waals surface area contributed by atoms with E-state index in [1.165, 1.54) is 12.1 Å². The van der Waals surface area contributed by atoms with Gasteiger partial charge in [-0.25, -0.2) is 4.39 Å². The minimum absolute atomic E-state index is 0.229. The quantitative estimate of drug-likeness (QED) is 0.787. The maximum absolute atomic E-state index is 12.8. The Morgan fingerprint density at radius 1 is 1.15 bits per heavy atom. The number of hydrogen-bond acceptors (Lipinski definition) is 3. The topological polar surface area (TPSA) is 47.3 Å². The molecule has 0 spiro atoms. The Balaban J connectivity index is 2.01. The van der Waals surface area contributed by atoms with Gasteiger partial charge in [-0.2, -0.15) is 0 Å². The molecule has 0 unspecified atom stereocenters. The fraction of sp³-hybridized carbons (Fsp3) is 0.250. The Labute approximate surface area is 118 Å². The van der Waals surface area contributed by atoms with Crippen molar-refractivity contribution in [1.29, 1.82) is 0 Å². The molecule has 3 N–H and O–H groups in total. The molecular formula is C16H19FN2O. The highest BCUT2D eigenvalue weighted by atomic mass is 19.1. The van der Waals surface area contributed by atoms with Crippen LogP contribution in [0.4, 0.5) is 15.8 Å². The molecule has 2 aromatic carbocycles. The van der Waals surface area contributed by atoms with E-state index in [-0.39, 0.29) is 5.82 Å². The molecule has 2 rings (SSSR count). The maximum Gasteiger partial charge on any atom is 0.123 e. The van der Waals surface area contributed by atoms with Crippen LogP contribution in [-0.2, 0) is 6.54 Å². The fourth-order valence-corrected chi connectivity index (χ4v) is 1.83. The Morgan fingerprint density at radius 3 is 2.60 bits per heavy atom. The number of nitrogens with two attached hydrogens (primary N) is 1. The third kappa shape index (κ3) is 4.16. The summed E-state index contributed by atoms with van der Waals surface area (Å²) < 4.78 is 18.4. The molecule has 20 heavy (non-hydrogen) atoms. The predicted octanol–water partition coefficient (Wildman–Crippen LogP) is 3.81. The number of anilines is 2. The summed E-state index contributed by atoms with van der Waals surface area (Å²) in [5.74, 6) is 0.529. The molecule has 0 heterocycles. The Morgan fingerprint density at radius 2 is 1.90 bits per heavy atom. The minimum atomic E-state index is -0.229. The normalized spacial score (nSPS) is 10.3. The summed E-state index contributed by atoms with van der Waals surface area (Å²) in [6, 6.07) is 12.0. The summed E-state index contributed by atoms with van der Waals surface area (Å²) in [7, 11) is 0. The predicted molar refractivity (Wildman–Crippen MR) is 80.4 cm³/mol. The van der Waals surface area contributed by atoms with Crippen LogP contribution in [-0.4, -0.2) is 6.61 Å². The van der Waals surface area contributed by atoms with Crippen molar-refractivity contribution in [2.75, 3.05) is 17.7 Å². The highest BCUT2D eigenvalue weighted by Crippen LogP contribution is 2.23. The second-order valence-corrected chi connectivity index (χ2v) is 4.62. The van der Waals surface area contributed by atoms with Crippen LogP contribution in [0.15, 0.2) is 42.5 Å². The SMILES string of the molecule is CCCOc1cc(N)cc(NCc2ccc(F)cc2)c1. The Hall–Kier alpha value is -2.23. The average Bonchev–Trinajstić information content (AvgIpc) is 2.44. The number of ether oxygens (including phenoxy) is 1. The number of halogens is 1. The lowest BCUT2D eigenvalue weighted by Gasteiger charge is -2.11. The summed E-state index contributed by atoms with van der Waals surface area (Å²) in [6.45, 7) is 3.33. The van der Waals surface area contributed by atoms with Gasteiger partial charge in [-0.3, -0.25) is 0 Å². The molecule has 0 aliphatic heterocycles. The number of hydrogen-bond donors (Lipinski definition) is 2. The molecule has 0 saturated carbocycles. The second kappa shape index (κ2) is 6.80. The first-order chi connectivity index (χ1) is 9.67. The van der Waals surface area contributed by atoms with Crippen LogP contribution in [0.2, 0.25) is 0 Å². The van der Waals surface area contributed by atoms with Gasteiger partial charge in [-0.15, -0.1) is 0 Å². The molecule has 3 nitrogen and oxygen atoms in total. The van der Waals surface area contributed by atoms with Gasteiger partial charge in [0, 0.05) is 30.1 Å². The van der Waals surface area contributed by atoms with Crippen LogP contribution in [0.25, 0.3) is 0 Å². The van der Waals surface area contributed by atoms with Crippen LogP contribution < -0.4 is 15.8 Å². The molecule has 0 aliphatic carbocycles. The molecule has 4 heteroatoms. The van der Waals surface area contributed by atoms with Crippen molar-refractivity contribution in [3.8, 4) is 5.75 Å². The van der Waals surface area contributed by atoms with Crippen molar-refractivity contribution in [1.82, 2.24) is 0 Å². The Bertz CT molecular complexity index is 555. The van der Waals surface area contributed by atoms with Gasteiger partial charge < -0.3 is 15.8 Å². The highest BCUT2D eigenvalue weighted by Gasteiger charge is 2.01. The van der Waals surface area contributed by atoms with Gasteiger partial charge in [-0.05, 0) is 30.2 Å². The van der Waals surface area contributed by atoms with Gasteiger partial charge in [0.25, 0.3) is 0 Å². The first-order valence-corrected chi connectivity index (χ1v) is 6.69. The number of nitrogens with one attached hydrogen (secondary N) is 1. The van der Waals surface area contributed by atoms with E-state index in [0.717, 1.165) is 23.4 Å². The average molecular weight is 274 g/mol. The fourth-order valence-electron chi connectivity index (χ4n) is 1.83. The molecule has 0 radical (unpaired) electrons. The van der Waals surface area contributed by atoms with E-state index in [1.807, 2.05) is 12.1 Å². The maximum atomic E-state index is 12.8. The lowest BCUT2D eigenvalue weighted by Crippen LogP contribution is -2.02. The van der Waals surface area contributed by atoms with Crippen molar-refractivity contribution in [2.24, 2.45) is 0 Å². The zero-order valence-electron chi connectivity index (χ0n) is 11.5. The zero-order chi connectivity index (χ0) is 14.4. The summed E-state index contributed by atoms with van der Waals surface area (Å²) >= 11 is 0. The molecule has 0 aliphatic rings. The lowest BCUT2D eigenvalue weighted by atomic mass is 10.2. The number of nitrogen functional groups attached to an aromatic ring is 1. The minimum Gasteiger partial charge on any atom is -0.493 e. The monoisotopic (exact) mass is 274 g/mol. The van der Waals surface area contributed by atoms with E-state index < -0.39 is 0 Å². The molecule has 0 atom stereocenters. The standard InChI is InChI=1S/C16H19FN2O/c1-2-7-20-16-9-14(18)8-15(10-16)19-11-12-3-5-13(17)6-4-12/h3-6,8-10,19H,2,7,11,18H2,1H3. The molecule has 0 amide bonds. The first kappa shape index (κ1) is 14.2. The largest absolute Gasteiger partial charge is 0.493 e. The zero-order valence-corrected chi connectivity index (χ0v) is 11.5. The van der Waals surface area contributed by atoms with Gasteiger partial charge >= 0.3 is 0 Å². The van der Waals surface area contributed by atoms with Crippen LogP contribution in [0.3, 0.4) is 0 Å². The van der Waals surface area contributed by atoms with Crippen molar-refractivity contribution in [3.05, 3.63) is 53.8 Å². The molecular weight excluding hydrogens is 255 g/mol. The van der Waals surface area contributed by atoms with Crippen LogP contribution in [0.5, 0.6) is 5.75 Å². The Kier molecular flexibility index (Phi) is 4.82. The molecule has 0 aromatic heterocycles. The van der Waals surface area contributed by atoms with E-state index in [0.29, 0.717) is 18.8 Å². The smallest absolute Gasteiger partial charge is 0.123 e. The van der Waals surface area contributed by atoms with Crippen molar-refractivity contribution in [3.63, 3.8) is 0 Å². The van der Waals surface area contributed by atoms with Gasteiger partial charge in [-0.1, -0.05) is 19.1 Å². The van der Waals surface area contributed by atoms with Crippen LogP contribution in [0, 0.1) is 5.82 Å². The van der Waals surface area contributed by atoms with Crippen molar-refractivity contribution in [2.45, 2.75) is 19.9 Å². The van der Waals surface area contributed by atoms with Crippen molar-refractivity contribution < 1.29 is 9.13 Å². The first-order valence-electron chi connectivity index (χ1n) is 6.69. The second-order valence-electron chi connectivity index (χ2n) is 4.62. The van der Waals surface area contributed by atoms with Gasteiger partial charge in [0.05, 0.1) is 6.61 Å². The van der Waals surface area contributed by atoms with Crippen molar-refractivity contribution >= 4 is 11.4 Å². The van der Waals surface area contributed by atoms with E-state index in [4.69, 9.17) is 10.5 Å². The van der Waals surface area contributed by atoms with E-state index in [1.54, 1.807) is 18.2 Å². The van der Waals surface area contributed by atoms with Gasteiger partial charge in [0.1, 0.15) is 11.6 Å². The van der Waals surface area contributed by atoms with E-state index in [9.17, 15) is 4.39 Å². The summed E-state index contributed by atoms with van der Waals surface area (Å²) in [6.07, 6.45) is 0.952. The third-order valence-corrected chi connectivity index (χ3v) is 2.81. The number of rotatable bonds is 6. The summed E-state index contributed by atoms with van der Waals surface area (Å²) in [5.41, 5.74) is 8.40. The summed E-state index contributed by atoms with van der Waals surface area (Å²) in [4.78, 5) is 0. The molecule has 0 bridgehead atoms. The summed E-state index contributed by atoms with van der Waals surface area (Å²) in [5, 5.41) is 3.26. The molecule has 106 valence electrons. The molecule has 2 aromatic rings. The lowest BCUT2D eigenvalue weighted by molar-refractivity contribution is 0.318. The highest BCUT2D eigenvalue weighted by molar-refractivity contribution is 5.59. The molecule has 0 fully saturated rings. The van der Waals surface area contributed by atoms with Crippen LogP contribution >= 0.6 is 0 Å².